The number of benzene rings is 2. The second-order valence-corrected chi connectivity index (χ2v) is 5.13. The standard InChI is InChI=1S/C14H9BrClFN2/c15-12-5-4-11(6-13(12)16)19-8-10-3-1-2-9(7-18)14(10)17/h1-6,19H,8H2. The van der Waals surface area contributed by atoms with E-state index in [1.165, 1.54) is 6.07 Å². The highest BCUT2D eigenvalue weighted by atomic mass is 79.9. The van der Waals surface area contributed by atoms with Crippen LogP contribution < -0.4 is 5.32 Å². The van der Waals surface area contributed by atoms with Crippen LogP contribution in [0.1, 0.15) is 11.1 Å². The quantitative estimate of drug-likeness (QED) is 0.878. The molecule has 0 bridgehead atoms. The summed E-state index contributed by atoms with van der Waals surface area (Å²) in [5.41, 5.74) is 1.28. The van der Waals surface area contributed by atoms with E-state index in [4.69, 9.17) is 16.9 Å². The Bertz CT molecular complexity index is 652. The van der Waals surface area contributed by atoms with Crippen molar-refractivity contribution >= 4 is 33.2 Å². The molecule has 2 aromatic carbocycles. The van der Waals surface area contributed by atoms with Crippen LogP contribution in [0.5, 0.6) is 0 Å². The number of halogens is 3. The molecule has 0 aliphatic carbocycles. The van der Waals surface area contributed by atoms with Crippen LogP contribution in [-0.2, 0) is 6.54 Å². The molecule has 0 saturated heterocycles. The Hall–Kier alpha value is -1.57. The SMILES string of the molecule is N#Cc1cccc(CNc2ccc(Br)c(Cl)c2)c1F. The van der Waals surface area contributed by atoms with Gasteiger partial charge in [0.05, 0.1) is 10.6 Å². The average Bonchev–Trinajstić information content (AvgIpc) is 2.41. The molecule has 0 saturated carbocycles. The molecular weight excluding hydrogens is 331 g/mol. The number of nitrogens with zero attached hydrogens (tertiary/aromatic N) is 1. The minimum atomic E-state index is -0.485. The van der Waals surface area contributed by atoms with E-state index >= 15 is 0 Å². The van der Waals surface area contributed by atoms with Crippen LogP contribution >= 0.6 is 27.5 Å². The lowest BCUT2D eigenvalue weighted by atomic mass is 10.1. The summed E-state index contributed by atoms with van der Waals surface area (Å²) in [5.74, 6) is -0.485. The lowest BCUT2D eigenvalue weighted by Gasteiger charge is -2.09. The average molecular weight is 340 g/mol. The van der Waals surface area contributed by atoms with Gasteiger partial charge in [0.25, 0.3) is 0 Å². The molecule has 96 valence electrons. The van der Waals surface area contributed by atoms with Gasteiger partial charge in [-0.1, -0.05) is 23.7 Å². The van der Waals surface area contributed by atoms with Crippen LogP contribution in [0.3, 0.4) is 0 Å². The number of nitriles is 1. The van der Waals surface area contributed by atoms with Crippen molar-refractivity contribution in [1.82, 2.24) is 0 Å². The highest BCUT2D eigenvalue weighted by Gasteiger charge is 2.07. The van der Waals surface area contributed by atoms with Gasteiger partial charge < -0.3 is 5.32 Å². The van der Waals surface area contributed by atoms with Crippen LogP contribution in [0.4, 0.5) is 10.1 Å². The van der Waals surface area contributed by atoms with Crippen molar-refractivity contribution in [3.63, 3.8) is 0 Å². The third-order valence-corrected chi connectivity index (χ3v) is 3.83. The van der Waals surface area contributed by atoms with Gasteiger partial charge in [0.1, 0.15) is 11.9 Å². The van der Waals surface area contributed by atoms with Gasteiger partial charge >= 0.3 is 0 Å². The van der Waals surface area contributed by atoms with E-state index in [1.807, 2.05) is 18.2 Å². The first-order chi connectivity index (χ1) is 9.11. The molecule has 2 nitrogen and oxygen atoms in total. The maximum Gasteiger partial charge on any atom is 0.145 e. The van der Waals surface area contributed by atoms with Crippen LogP contribution in [-0.4, -0.2) is 0 Å². The second kappa shape index (κ2) is 6.05. The smallest absolute Gasteiger partial charge is 0.145 e. The lowest BCUT2D eigenvalue weighted by molar-refractivity contribution is 0.609. The molecule has 0 amide bonds. The molecule has 5 heteroatoms. The van der Waals surface area contributed by atoms with Crippen molar-refractivity contribution in [1.29, 1.82) is 5.26 Å². The van der Waals surface area contributed by atoms with Crippen LogP contribution in [0.15, 0.2) is 40.9 Å². The Labute approximate surface area is 123 Å². The largest absolute Gasteiger partial charge is 0.381 e. The fraction of sp³-hybridized carbons (Fsp3) is 0.0714. The van der Waals surface area contributed by atoms with Crippen LogP contribution in [0, 0.1) is 17.1 Å². The van der Waals surface area contributed by atoms with E-state index in [-0.39, 0.29) is 5.56 Å². The minimum absolute atomic E-state index is 0.0492. The fourth-order valence-corrected chi connectivity index (χ4v) is 2.03. The molecule has 0 fully saturated rings. The van der Waals surface area contributed by atoms with E-state index in [9.17, 15) is 4.39 Å². The van der Waals surface area contributed by atoms with Gasteiger partial charge in [0, 0.05) is 22.3 Å². The van der Waals surface area contributed by atoms with Gasteiger partial charge in [-0.05, 0) is 40.2 Å². The molecule has 0 heterocycles. The topological polar surface area (TPSA) is 35.8 Å². The number of nitrogens with one attached hydrogen (secondary N) is 1. The van der Waals surface area contributed by atoms with Gasteiger partial charge in [-0.15, -0.1) is 0 Å². The molecule has 0 spiro atoms. The summed E-state index contributed by atoms with van der Waals surface area (Å²) in [6.45, 7) is 0.291. The Morgan fingerprint density at radius 2 is 2.11 bits per heavy atom. The summed E-state index contributed by atoms with van der Waals surface area (Å²) in [5, 5.41) is 12.4. The molecule has 0 aliphatic heterocycles. The first-order valence-corrected chi connectivity index (χ1v) is 6.65. The molecule has 1 N–H and O–H groups in total. The third-order valence-electron chi connectivity index (χ3n) is 2.60. The van der Waals surface area contributed by atoms with E-state index < -0.39 is 5.82 Å². The van der Waals surface area contributed by atoms with Gasteiger partial charge in [-0.2, -0.15) is 5.26 Å². The van der Waals surface area contributed by atoms with Crippen molar-refractivity contribution in [2.24, 2.45) is 0 Å². The maximum atomic E-state index is 13.8. The summed E-state index contributed by atoms with van der Waals surface area (Å²) in [6.07, 6.45) is 0. The minimum Gasteiger partial charge on any atom is -0.381 e. The Kier molecular flexibility index (Phi) is 4.41. The summed E-state index contributed by atoms with van der Waals surface area (Å²) in [4.78, 5) is 0. The highest BCUT2D eigenvalue weighted by molar-refractivity contribution is 9.10. The summed E-state index contributed by atoms with van der Waals surface area (Å²) in [7, 11) is 0. The van der Waals surface area contributed by atoms with Crippen molar-refractivity contribution in [3.05, 3.63) is 62.8 Å². The zero-order valence-electron chi connectivity index (χ0n) is 9.75. The highest BCUT2D eigenvalue weighted by Crippen LogP contribution is 2.26. The Morgan fingerprint density at radius 1 is 1.32 bits per heavy atom. The molecule has 19 heavy (non-hydrogen) atoms. The Morgan fingerprint density at radius 3 is 2.79 bits per heavy atom. The van der Waals surface area contributed by atoms with Crippen molar-refractivity contribution in [2.45, 2.75) is 6.54 Å². The van der Waals surface area contributed by atoms with Crippen LogP contribution in [0.2, 0.25) is 5.02 Å². The van der Waals surface area contributed by atoms with Crippen molar-refractivity contribution < 1.29 is 4.39 Å². The summed E-state index contributed by atoms with van der Waals surface area (Å²) >= 11 is 9.27. The molecule has 0 radical (unpaired) electrons. The van der Waals surface area contributed by atoms with E-state index in [0.29, 0.717) is 17.1 Å². The number of hydrogen-bond acceptors (Lipinski definition) is 2. The maximum absolute atomic E-state index is 13.8. The Balaban J connectivity index is 2.15. The van der Waals surface area contributed by atoms with E-state index in [2.05, 4.69) is 21.2 Å². The predicted octanol–water partition coefficient (Wildman–Crippen LogP) is 4.73. The lowest BCUT2D eigenvalue weighted by Crippen LogP contribution is -2.03. The third kappa shape index (κ3) is 3.25. The predicted molar refractivity (Wildman–Crippen MR) is 77.6 cm³/mol. The molecule has 2 aromatic rings. The zero-order chi connectivity index (χ0) is 13.8. The van der Waals surface area contributed by atoms with Crippen molar-refractivity contribution in [3.8, 4) is 6.07 Å². The monoisotopic (exact) mass is 338 g/mol. The molecule has 2 rings (SSSR count). The fourth-order valence-electron chi connectivity index (χ4n) is 1.61. The number of hydrogen-bond donors (Lipinski definition) is 1. The van der Waals surface area contributed by atoms with Gasteiger partial charge in [0.2, 0.25) is 0 Å². The molecular formula is C14H9BrClFN2. The molecule has 0 atom stereocenters. The summed E-state index contributed by atoms with van der Waals surface area (Å²) in [6, 6.07) is 12.0. The second-order valence-electron chi connectivity index (χ2n) is 3.87. The van der Waals surface area contributed by atoms with Gasteiger partial charge in [0.15, 0.2) is 0 Å². The van der Waals surface area contributed by atoms with Gasteiger partial charge in [-0.3, -0.25) is 0 Å². The van der Waals surface area contributed by atoms with E-state index in [1.54, 1.807) is 18.2 Å². The molecule has 0 aromatic heterocycles. The number of rotatable bonds is 3. The number of anilines is 1. The molecule has 0 aliphatic rings. The zero-order valence-corrected chi connectivity index (χ0v) is 12.1. The van der Waals surface area contributed by atoms with Crippen LogP contribution in [0.25, 0.3) is 0 Å². The molecule has 0 unspecified atom stereocenters. The first-order valence-electron chi connectivity index (χ1n) is 5.48. The normalized spacial score (nSPS) is 10.0. The summed E-state index contributed by atoms with van der Waals surface area (Å²) < 4.78 is 14.6. The van der Waals surface area contributed by atoms with E-state index in [0.717, 1.165) is 10.2 Å². The first kappa shape index (κ1) is 13.9. The van der Waals surface area contributed by atoms with Gasteiger partial charge in [-0.25, -0.2) is 4.39 Å². The van der Waals surface area contributed by atoms with Crippen molar-refractivity contribution in [2.75, 3.05) is 5.32 Å².